The maximum atomic E-state index is 14.0. The number of nitrogens with one attached hydrogen (secondary N) is 3. The highest BCUT2D eigenvalue weighted by Gasteiger charge is 2.44. The number of carbonyl (C=O) groups is 4. The lowest BCUT2D eigenvalue weighted by Crippen LogP contribution is -2.61. The van der Waals surface area contributed by atoms with Crippen molar-refractivity contribution in [1.82, 2.24) is 25.8 Å². The Morgan fingerprint density at radius 2 is 1.62 bits per heavy atom. The average molecular weight is 676 g/mol. The summed E-state index contributed by atoms with van der Waals surface area (Å²) < 4.78 is 11.8. The van der Waals surface area contributed by atoms with Crippen LogP contribution in [0.15, 0.2) is 60.7 Å². The highest BCUT2D eigenvalue weighted by Crippen LogP contribution is 2.32. The second-order valence-corrected chi connectivity index (χ2v) is 14.1. The molecule has 12 heteroatoms. The number of benzene rings is 2. The standard InChI is InChI=1S/C36H45N5O6S/c42-32(41-18-16-40(17-19-41)22-27-23-46-25-47-24-27)12-15-37-33(43)29(20-26-8-2-1-3-9-26)38-35(45)36(13-6-7-14-36)39-34(44)31-21-28-10-4-5-11-30(28)48-31/h1-5,8-11,21,27,29H,6-7,12-20,22-25H2,(H,37,43)(H,38,45)(H,39,44)/t29-/m1/s1. The predicted molar refractivity (Wildman–Crippen MR) is 183 cm³/mol. The van der Waals surface area contributed by atoms with E-state index in [4.69, 9.17) is 9.47 Å². The van der Waals surface area contributed by atoms with E-state index >= 15 is 0 Å². The van der Waals surface area contributed by atoms with Crippen molar-refractivity contribution in [2.45, 2.75) is 50.1 Å². The van der Waals surface area contributed by atoms with Crippen LogP contribution in [-0.4, -0.2) is 104 Å². The van der Waals surface area contributed by atoms with E-state index in [0.717, 1.165) is 48.1 Å². The van der Waals surface area contributed by atoms with E-state index in [-0.39, 0.29) is 43.0 Å². The maximum Gasteiger partial charge on any atom is 0.262 e. The Morgan fingerprint density at radius 1 is 0.917 bits per heavy atom. The third-order valence-corrected chi connectivity index (χ3v) is 10.7. The zero-order chi connectivity index (χ0) is 33.3. The van der Waals surface area contributed by atoms with E-state index in [9.17, 15) is 19.2 Å². The van der Waals surface area contributed by atoms with Gasteiger partial charge in [-0.2, -0.15) is 0 Å². The van der Waals surface area contributed by atoms with Crippen LogP contribution in [0.1, 0.15) is 47.3 Å². The van der Waals surface area contributed by atoms with Crippen molar-refractivity contribution in [3.63, 3.8) is 0 Å². The number of amides is 4. The van der Waals surface area contributed by atoms with Gasteiger partial charge in [0.2, 0.25) is 17.7 Å². The number of piperazine rings is 1. The molecule has 11 nitrogen and oxygen atoms in total. The summed E-state index contributed by atoms with van der Waals surface area (Å²) >= 11 is 1.40. The zero-order valence-corrected chi connectivity index (χ0v) is 28.1. The van der Waals surface area contributed by atoms with Gasteiger partial charge >= 0.3 is 0 Å². The Labute approximate surface area is 285 Å². The van der Waals surface area contributed by atoms with E-state index in [1.807, 2.05) is 65.6 Å². The molecule has 1 saturated carbocycles. The third-order valence-electron chi connectivity index (χ3n) is 9.55. The minimum Gasteiger partial charge on any atom is -0.355 e. The van der Waals surface area contributed by atoms with Gasteiger partial charge in [-0.05, 0) is 35.9 Å². The van der Waals surface area contributed by atoms with Gasteiger partial charge in [0.15, 0.2) is 0 Å². The van der Waals surface area contributed by atoms with E-state index < -0.39 is 11.6 Å². The Bertz CT molecular complexity index is 1530. The molecule has 1 aromatic heterocycles. The summed E-state index contributed by atoms with van der Waals surface area (Å²) in [5.41, 5.74) is -0.203. The van der Waals surface area contributed by atoms with Crippen LogP contribution in [0.3, 0.4) is 0 Å². The first-order valence-corrected chi connectivity index (χ1v) is 17.8. The number of thiophene rings is 1. The van der Waals surface area contributed by atoms with E-state index in [2.05, 4.69) is 20.9 Å². The Morgan fingerprint density at radius 3 is 2.35 bits per heavy atom. The topological polar surface area (TPSA) is 129 Å². The number of carbonyl (C=O) groups excluding carboxylic acids is 4. The zero-order valence-electron chi connectivity index (χ0n) is 27.3. The van der Waals surface area contributed by atoms with E-state index in [0.29, 0.717) is 56.7 Å². The van der Waals surface area contributed by atoms with Gasteiger partial charge in [0.05, 0.1) is 18.1 Å². The molecule has 3 fully saturated rings. The predicted octanol–water partition coefficient (Wildman–Crippen LogP) is 2.94. The molecular weight excluding hydrogens is 630 g/mol. The van der Waals surface area contributed by atoms with Crippen molar-refractivity contribution in [2.24, 2.45) is 5.92 Å². The van der Waals surface area contributed by atoms with Gasteiger partial charge in [0.1, 0.15) is 18.4 Å². The minimum atomic E-state index is -1.10. The molecule has 1 atom stereocenters. The van der Waals surface area contributed by atoms with Gasteiger partial charge in [-0.3, -0.25) is 24.1 Å². The Balaban J connectivity index is 1.04. The van der Waals surface area contributed by atoms with Gasteiger partial charge in [0.25, 0.3) is 5.91 Å². The average Bonchev–Trinajstić information content (AvgIpc) is 3.77. The lowest BCUT2D eigenvalue weighted by atomic mass is 9.94. The number of ether oxygens (including phenoxy) is 2. The minimum absolute atomic E-state index is 0.00298. The molecule has 256 valence electrons. The first kappa shape index (κ1) is 34.0. The van der Waals surface area contributed by atoms with Gasteiger partial charge in [-0.15, -0.1) is 11.3 Å². The van der Waals surface area contributed by atoms with E-state index in [1.165, 1.54) is 11.3 Å². The van der Waals surface area contributed by atoms with Crippen LogP contribution in [0.2, 0.25) is 0 Å². The summed E-state index contributed by atoms with van der Waals surface area (Å²) in [6, 6.07) is 18.3. The summed E-state index contributed by atoms with van der Waals surface area (Å²) in [6.07, 6.45) is 3.06. The van der Waals surface area contributed by atoms with Crippen LogP contribution in [0.4, 0.5) is 0 Å². The van der Waals surface area contributed by atoms with Gasteiger partial charge < -0.3 is 30.3 Å². The number of nitrogens with zero attached hydrogens (tertiary/aromatic N) is 2. The second-order valence-electron chi connectivity index (χ2n) is 13.1. The van der Waals surface area contributed by atoms with Crippen LogP contribution >= 0.6 is 11.3 Å². The number of fused-ring (bicyclic) bond motifs is 1. The molecule has 2 aliphatic heterocycles. The first-order valence-electron chi connectivity index (χ1n) is 17.0. The fraction of sp³-hybridized carbons (Fsp3) is 0.500. The monoisotopic (exact) mass is 675 g/mol. The third kappa shape index (κ3) is 8.59. The quantitative estimate of drug-likeness (QED) is 0.269. The van der Waals surface area contributed by atoms with Crippen LogP contribution in [-0.2, 0) is 30.3 Å². The summed E-state index contributed by atoms with van der Waals surface area (Å²) in [5, 5.41) is 9.94. The van der Waals surface area contributed by atoms with Crippen LogP contribution < -0.4 is 16.0 Å². The normalized spacial score (nSPS) is 19.1. The molecule has 0 bridgehead atoms. The van der Waals surface area contributed by atoms with Crippen LogP contribution in [0, 0.1) is 5.92 Å². The summed E-state index contributed by atoms with van der Waals surface area (Å²) in [6.45, 7) is 5.70. The number of hydrogen-bond acceptors (Lipinski definition) is 8. The molecule has 3 heterocycles. The molecule has 4 amide bonds. The molecule has 48 heavy (non-hydrogen) atoms. The Hall–Kier alpha value is -3.84. The van der Waals surface area contributed by atoms with Gasteiger partial charge in [-0.25, -0.2) is 0 Å². The SMILES string of the molecule is O=C(NC1(C(=O)N[C@H](Cc2ccccc2)C(=O)NCCC(=O)N2CCN(CC3COCOC3)CC2)CCCC1)c1cc2ccccc2s1. The highest BCUT2D eigenvalue weighted by molar-refractivity contribution is 7.20. The Kier molecular flexibility index (Phi) is 11.4. The molecule has 2 saturated heterocycles. The lowest BCUT2D eigenvalue weighted by molar-refractivity contribution is -0.137. The molecule has 0 radical (unpaired) electrons. The molecule has 3 aliphatic rings. The van der Waals surface area contributed by atoms with Crippen molar-refractivity contribution in [2.75, 3.05) is 59.3 Å². The van der Waals surface area contributed by atoms with Gasteiger partial charge in [0, 0.05) is 62.7 Å². The smallest absolute Gasteiger partial charge is 0.262 e. The van der Waals surface area contributed by atoms with Gasteiger partial charge in [-0.1, -0.05) is 61.4 Å². The lowest BCUT2D eigenvalue weighted by Gasteiger charge is -2.37. The van der Waals surface area contributed by atoms with E-state index in [1.54, 1.807) is 0 Å². The molecule has 0 unspecified atom stereocenters. The van der Waals surface area contributed by atoms with Crippen molar-refractivity contribution in [3.05, 3.63) is 71.1 Å². The van der Waals surface area contributed by atoms with Crippen molar-refractivity contribution < 1.29 is 28.7 Å². The number of rotatable bonds is 12. The van der Waals surface area contributed by atoms with Crippen LogP contribution in [0.25, 0.3) is 10.1 Å². The maximum absolute atomic E-state index is 14.0. The van der Waals surface area contributed by atoms with Crippen molar-refractivity contribution in [1.29, 1.82) is 0 Å². The molecule has 3 aromatic rings. The molecular formula is C36H45N5O6S. The molecule has 0 spiro atoms. The van der Waals surface area contributed by atoms with Crippen molar-refractivity contribution in [3.8, 4) is 0 Å². The molecule has 6 rings (SSSR count). The van der Waals surface area contributed by atoms with Crippen LogP contribution in [0.5, 0.6) is 0 Å². The molecule has 3 N–H and O–H groups in total. The fourth-order valence-electron chi connectivity index (χ4n) is 6.88. The highest BCUT2D eigenvalue weighted by atomic mass is 32.1. The summed E-state index contributed by atoms with van der Waals surface area (Å²) in [5.74, 6) is -0.649. The first-order chi connectivity index (χ1) is 23.4. The number of hydrogen-bond donors (Lipinski definition) is 3. The molecule has 1 aliphatic carbocycles. The van der Waals surface area contributed by atoms with Crippen molar-refractivity contribution >= 4 is 45.1 Å². The fourth-order valence-corrected chi connectivity index (χ4v) is 7.83. The summed E-state index contributed by atoms with van der Waals surface area (Å²) in [7, 11) is 0. The molecule has 2 aromatic carbocycles. The second kappa shape index (κ2) is 16.0. The summed E-state index contributed by atoms with van der Waals surface area (Å²) in [4.78, 5) is 58.7. The largest absolute Gasteiger partial charge is 0.355 e.